The van der Waals surface area contributed by atoms with Gasteiger partial charge in [0.2, 0.25) is 0 Å². The second kappa shape index (κ2) is 8.62. The number of likely N-dealkylation sites (tertiary alicyclic amines) is 1. The molecule has 1 fully saturated rings. The zero-order chi connectivity index (χ0) is 19.2. The Morgan fingerprint density at radius 1 is 1.00 bits per heavy atom. The van der Waals surface area contributed by atoms with Crippen molar-refractivity contribution in [3.8, 4) is 11.5 Å². The molecule has 0 radical (unpaired) electrons. The molecule has 7 heteroatoms. The van der Waals surface area contributed by atoms with Crippen molar-refractivity contribution in [2.45, 2.75) is 25.6 Å². The van der Waals surface area contributed by atoms with Gasteiger partial charge in [-0.1, -0.05) is 0 Å². The van der Waals surface area contributed by atoms with Crippen molar-refractivity contribution in [3.63, 3.8) is 0 Å². The second-order valence-electron chi connectivity index (χ2n) is 6.20. The summed E-state index contributed by atoms with van der Waals surface area (Å²) < 4.78 is 34.5. The number of alkyl halides is 2. The Kier molecular flexibility index (Phi) is 6.01. The monoisotopic (exact) mass is 375 g/mol. The van der Waals surface area contributed by atoms with Gasteiger partial charge in [0.15, 0.2) is 0 Å². The number of benzene rings is 2. The minimum Gasteiger partial charge on any atom is -0.490 e. The van der Waals surface area contributed by atoms with Crippen LogP contribution >= 0.6 is 0 Å². The smallest absolute Gasteiger partial charge is 0.387 e. The summed E-state index contributed by atoms with van der Waals surface area (Å²) >= 11 is 0. The maximum absolute atomic E-state index is 12.5. The number of hydrogen-bond donors (Lipinski definition) is 0. The van der Waals surface area contributed by atoms with E-state index in [1.165, 1.54) is 24.3 Å². The molecule has 0 aliphatic carbocycles. The zero-order valence-corrected chi connectivity index (χ0v) is 14.5. The standard InChI is InChI=1S/C20H19F2NO4/c21-20(22)27-17-7-3-15(4-8-17)19(25)23-11-9-18(10-12-23)26-16-5-1-14(13-24)2-6-16/h1-8,13,18,20H,9-12H2. The molecule has 142 valence electrons. The average molecular weight is 375 g/mol. The van der Waals surface area contributed by atoms with Crippen molar-refractivity contribution in [1.82, 2.24) is 4.90 Å². The summed E-state index contributed by atoms with van der Waals surface area (Å²) in [6.45, 7) is -1.80. The van der Waals surface area contributed by atoms with Crippen LogP contribution in [0.3, 0.4) is 0 Å². The Hall–Kier alpha value is -2.96. The van der Waals surface area contributed by atoms with Gasteiger partial charge in [-0.2, -0.15) is 8.78 Å². The largest absolute Gasteiger partial charge is 0.490 e. The van der Waals surface area contributed by atoms with E-state index in [1.54, 1.807) is 29.2 Å². The molecule has 5 nitrogen and oxygen atoms in total. The first kappa shape index (κ1) is 18.8. The lowest BCUT2D eigenvalue weighted by atomic mass is 10.1. The predicted octanol–water partition coefficient (Wildman–Crippen LogP) is 3.78. The van der Waals surface area contributed by atoms with E-state index in [1.807, 2.05) is 0 Å². The Labute approximate surface area is 155 Å². The van der Waals surface area contributed by atoms with Gasteiger partial charge in [0.05, 0.1) is 0 Å². The Balaban J connectivity index is 1.51. The average Bonchev–Trinajstić information content (AvgIpc) is 2.69. The quantitative estimate of drug-likeness (QED) is 0.721. The number of rotatable bonds is 6. The highest BCUT2D eigenvalue weighted by molar-refractivity contribution is 5.94. The number of carbonyl (C=O) groups is 2. The summed E-state index contributed by atoms with van der Waals surface area (Å²) in [4.78, 5) is 24.9. The van der Waals surface area contributed by atoms with E-state index in [4.69, 9.17) is 4.74 Å². The van der Waals surface area contributed by atoms with Gasteiger partial charge in [-0.3, -0.25) is 9.59 Å². The zero-order valence-electron chi connectivity index (χ0n) is 14.5. The third-order valence-electron chi connectivity index (χ3n) is 4.37. The lowest BCUT2D eigenvalue weighted by molar-refractivity contribution is -0.0498. The Morgan fingerprint density at radius 2 is 1.59 bits per heavy atom. The molecule has 1 aliphatic rings. The minimum atomic E-state index is -2.89. The SMILES string of the molecule is O=Cc1ccc(OC2CCN(C(=O)c3ccc(OC(F)F)cc3)CC2)cc1. The summed E-state index contributed by atoms with van der Waals surface area (Å²) in [7, 11) is 0. The molecule has 0 N–H and O–H groups in total. The van der Waals surface area contributed by atoms with Gasteiger partial charge >= 0.3 is 6.61 Å². The van der Waals surface area contributed by atoms with Gasteiger partial charge in [0, 0.05) is 37.1 Å². The maximum Gasteiger partial charge on any atom is 0.387 e. The summed E-state index contributed by atoms with van der Waals surface area (Å²) in [6, 6.07) is 12.6. The third kappa shape index (κ3) is 5.03. The second-order valence-corrected chi connectivity index (χ2v) is 6.20. The fraction of sp³-hybridized carbons (Fsp3) is 0.300. The Bertz CT molecular complexity index is 770. The van der Waals surface area contributed by atoms with Gasteiger partial charge in [0.1, 0.15) is 23.9 Å². The van der Waals surface area contributed by atoms with E-state index >= 15 is 0 Å². The molecule has 1 heterocycles. The molecular weight excluding hydrogens is 356 g/mol. The van der Waals surface area contributed by atoms with Gasteiger partial charge < -0.3 is 14.4 Å². The van der Waals surface area contributed by atoms with E-state index in [9.17, 15) is 18.4 Å². The van der Waals surface area contributed by atoms with Crippen LogP contribution in [-0.4, -0.2) is 42.9 Å². The first-order valence-electron chi connectivity index (χ1n) is 8.61. The topological polar surface area (TPSA) is 55.8 Å². The van der Waals surface area contributed by atoms with Crippen LogP contribution in [0.15, 0.2) is 48.5 Å². The number of halogens is 2. The normalized spacial score (nSPS) is 14.9. The van der Waals surface area contributed by atoms with Crippen LogP contribution in [0.1, 0.15) is 33.6 Å². The highest BCUT2D eigenvalue weighted by Gasteiger charge is 2.24. The molecule has 1 aliphatic heterocycles. The van der Waals surface area contributed by atoms with Crippen molar-refractivity contribution >= 4 is 12.2 Å². The first-order chi connectivity index (χ1) is 13.0. The fourth-order valence-electron chi connectivity index (χ4n) is 2.96. The molecule has 1 saturated heterocycles. The molecule has 0 aromatic heterocycles. The molecule has 0 unspecified atom stereocenters. The lowest BCUT2D eigenvalue weighted by Crippen LogP contribution is -2.41. The van der Waals surface area contributed by atoms with Crippen molar-refractivity contribution in [2.24, 2.45) is 0 Å². The van der Waals surface area contributed by atoms with Crippen LogP contribution < -0.4 is 9.47 Å². The molecule has 2 aromatic carbocycles. The Morgan fingerprint density at radius 3 is 2.15 bits per heavy atom. The number of hydrogen-bond acceptors (Lipinski definition) is 4. The number of piperidine rings is 1. The van der Waals surface area contributed by atoms with Gasteiger partial charge in [-0.05, 0) is 48.5 Å². The molecule has 0 spiro atoms. The molecule has 0 bridgehead atoms. The number of ether oxygens (including phenoxy) is 2. The summed E-state index contributed by atoms with van der Waals surface area (Å²) in [5.74, 6) is 0.571. The molecular formula is C20H19F2NO4. The van der Waals surface area contributed by atoms with Crippen LogP contribution in [-0.2, 0) is 0 Å². The van der Waals surface area contributed by atoms with Crippen LogP contribution in [0.4, 0.5) is 8.78 Å². The fourth-order valence-corrected chi connectivity index (χ4v) is 2.96. The number of amides is 1. The van der Waals surface area contributed by atoms with E-state index in [0.717, 1.165) is 6.29 Å². The number of aldehydes is 1. The van der Waals surface area contributed by atoms with Gasteiger partial charge in [0.25, 0.3) is 5.91 Å². The van der Waals surface area contributed by atoms with Crippen LogP contribution in [0.5, 0.6) is 11.5 Å². The number of carbonyl (C=O) groups excluding carboxylic acids is 2. The minimum absolute atomic E-state index is 0.00190. The van der Waals surface area contributed by atoms with Crippen LogP contribution in [0, 0.1) is 0 Å². The van der Waals surface area contributed by atoms with Gasteiger partial charge in [-0.25, -0.2) is 0 Å². The first-order valence-corrected chi connectivity index (χ1v) is 8.61. The highest BCUT2D eigenvalue weighted by atomic mass is 19.3. The van der Waals surface area contributed by atoms with Crippen LogP contribution in [0.2, 0.25) is 0 Å². The molecule has 3 rings (SSSR count). The maximum atomic E-state index is 12.5. The summed E-state index contributed by atoms with van der Waals surface area (Å²) in [5, 5.41) is 0. The molecule has 27 heavy (non-hydrogen) atoms. The van der Waals surface area contributed by atoms with E-state index in [-0.39, 0.29) is 17.8 Å². The van der Waals surface area contributed by atoms with Gasteiger partial charge in [-0.15, -0.1) is 0 Å². The lowest BCUT2D eigenvalue weighted by Gasteiger charge is -2.32. The molecule has 2 aromatic rings. The summed E-state index contributed by atoms with van der Waals surface area (Å²) in [5.41, 5.74) is 1.02. The highest BCUT2D eigenvalue weighted by Crippen LogP contribution is 2.21. The van der Waals surface area contributed by atoms with Crippen molar-refractivity contribution in [2.75, 3.05) is 13.1 Å². The van der Waals surface area contributed by atoms with Crippen molar-refractivity contribution < 1.29 is 27.8 Å². The summed E-state index contributed by atoms with van der Waals surface area (Å²) in [6.07, 6.45) is 2.15. The van der Waals surface area contributed by atoms with Crippen molar-refractivity contribution in [3.05, 3.63) is 59.7 Å². The third-order valence-corrected chi connectivity index (χ3v) is 4.37. The van der Waals surface area contributed by atoms with E-state index < -0.39 is 6.61 Å². The van der Waals surface area contributed by atoms with Crippen LogP contribution in [0.25, 0.3) is 0 Å². The predicted molar refractivity (Wildman–Crippen MR) is 94.5 cm³/mol. The molecule has 0 saturated carbocycles. The molecule has 0 atom stereocenters. The van der Waals surface area contributed by atoms with Crippen molar-refractivity contribution in [1.29, 1.82) is 0 Å². The van der Waals surface area contributed by atoms with E-state index in [2.05, 4.69) is 4.74 Å². The number of nitrogens with zero attached hydrogens (tertiary/aromatic N) is 1. The molecule has 1 amide bonds. The van der Waals surface area contributed by atoms with E-state index in [0.29, 0.717) is 42.8 Å².